The van der Waals surface area contributed by atoms with Crippen LogP contribution in [0.4, 0.5) is 5.82 Å². The monoisotopic (exact) mass is 192 g/mol. The number of aromatic nitrogens is 2. The first-order valence-corrected chi connectivity index (χ1v) is 4.66. The molecule has 0 bridgehead atoms. The summed E-state index contributed by atoms with van der Waals surface area (Å²) in [5.74, 6) is 0.636. The maximum atomic E-state index is 11.6. The fourth-order valence-corrected chi connectivity index (χ4v) is 1.50. The topological polar surface area (TPSA) is 59.3 Å². The molecule has 1 aliphatic rings. The summed E-state index contributed by atoms with van der Waals surface area (Å²) in [5.41, 5.74) is 0.643. The predicted octanol–water partition coefficient (Wildman–Crippen LogP) is 0.930. The van der Waals surface area contributed by atoms with Gasteiger partial charge in [-0.05, 0) is 6.42 Å². The Morgan fingerprint density at radius 2 is 2.50 bits per heavy atom. The van der Waals surface area contributed by atoms with Gasteiger partial charge in [-0.15, -0.1) is 0 Å². The van der Waals surface area contributed by atoms with Crippen molar-refractivity contribution in [1.29, 1.82) is 0 Å². The standard InChI is InChI=1S/C9H12N4O/c1-2-3-13-6-12-9-8(13)7(14)4-10-5-11-9/h5-6H,2-4H2,1H3,(H,10,11). The molecule has 2 heterocycles. The summed E-state index contributed by atoms with van der Waals surface area (Å²) in [7, 11) is 0. The van der Waals surface area contributed by atoms with Gasteiger partial charge in [0.25, 0.3) is 0 Å². The Balaban J connectivity index is 2.40. The van der Waals surface area contributed by atoms with E-state index in [1.165, 1.54) is 6.34 Å². The molecule has 0 atom stereocenters. The molecule has 5 nitrogen and oxygen atoms in total. The first kappa shape index (κ1) is 8.93. The molecule has 74 valence electrons. The number of anilines is 1. The summed E-state index contributed by atoms with van der Waals surface area (Å²) in [4.78, 5) is 19.7. The molecule has 0 radical (unpaired) electrons. The normalized spacial score (nSPS) is 14.8. The quantitative estimate of drug-likeness (QED) is 0.758. The van der Waals surface area contributed by atoms with Crippen LogP contribution in [0.3, 0.4) is 0 Å². The van der Waals surface area contributed by atoms with Gasteiger partial charge in [-0.2, -0.15) is 0 Å². The minimum atomic E-state index is 0.0206. The number of imidazole rings is 1. The predicted molar refractivity (Wildman–Crippen MR) is 53.8 cm³/mol. The zero-order valence-electron chi connectivity index (χ0n) is 8.03. The van der Waals surface area contributed by atoms with E-state index in [1.54, 1.807) is 6.33 Å². The van der Waals surface area contributed by atoms with Crippen molar-refractivity contribution in [1.82, 2.24) is 9.55 Å². The number of hydrogen-bond donors (Lipinski definition) is 1. The molecule has 0 saturated carbocycles. The number of aliphatic imine (C=N–C) groups is 1. The van der Waals surface area contributed by atoms with E-state index in [1.807, 2.05) is 4.57 Å². The highest BCUT2D eigenvalue weighted by Crippen LogP contribution is 2.16. The zero-order chi connectivity index (χ0) is 9.97. The van der Waals surface area contributed by atoms with Gasteiger partial charge in [-0.3, -0.25) is 9.79 Å². The van der Waals surface area contributed by atoms with Crippen molar-refractivity contribution in [2.45, 2.75) is 19.9 Å². The Kier molecular flexibility index (Phi) is 2.30. The van der Waals surface area contributed by atoms with Gasteiger partial charge in [-0.1, -0.05) is 6.92 Å². The number of nitrogens with zero attached hydrogens (tertiary/aromatic N) is 3. The van der Waals surface area contributed by atoms with E-state index in [4.69, 9.17) is 0 Å². The highest BCUT2D eigenvalue weighted by molar-refractivity contribution is 6.04. The Morgan fingerprint density at radius 1 is 1.64 bits per heavy atom. The molecular weight excluding hydrogens is 180 g/mol. The first-order valence-electron chi connectivity index (χ1n) is 4.66. The van der Waals surface area contributed by atoms with Crippen LogP contribution in [0, 0.1) is 0 Å². The van der Waals surface area contributed by atoms with Crippen LogP contribution >= 0.6 is 0 Å². The van der Waals surface area contributed by atoms with Gasteiger partial charge in [0.15, 0.2) is 5.82 Å². The van der Waals surface area contributed by atoms with Crippen molar-refractivity contribution in [2.24, 2.45) is 4.99 Å². The van der Waals surface area contributed by atoms with E-state index in [-0.39, 0.29) is 12.3 Å². The van der Waals surface area contributed by atoms with Crippen LogP contribution in [-0.4, -0.2) is 28.2 Å². The van der Waals surface area contributed by atoms with E-state index < -0.39 is 0 Å². The molecule has 0 aliphatic carbocycles. The van der Waals surface area contributed by atoms with E-state index in [2.05, 4.69) is 22.2 Å². The first-order chi connectivity index (χ1) is 6.83. The Labute approximate surface area is 81.9 Å². The third kappa shape index (κ3) is 1.41. The zero-order valence-corrected chi connectivity index (χ0v) is 8.03. The van der Waals surface area contributed by atoms with Gasteiger partial charge < -0.3 is 9.88 Å². The van der Waals surface area contributed by atoms with Crippen molar-refractivity contribution in [3.63, 3.8) is 0 Å². The van der Waals surface area contributed by atoms with Gasteiger partial charge in [-0.25, -0.2) is 4.98 Å². The van der Waals surface area contributed by atoms with Crippen LogP contribution in [0.5, 0.6) is 0 Å². The van der Waals surface area contributed by atoms with E-state index in [9.17, 15) is 4.79 Å². The Hall–Kier alpha value is -1.65. The number of nitrogens with one attached hydrogen (secondary N) is 1. The lowest BCUT2D eigenvalue weighted by Crippen LogP contribution is -2.11. The van der Waals surface area contributed by atoms with Gasteiger partial charge in [0.2, 0.25) is 5.78 Å². The highest BCUT2D eigenvalue weighted by Gasteiger charge is 2.18. The molecule has 1 aromatic heterocycles. The average Bonchev–Trinajstić information content (AvgIpc) is 2.47. The second-order valence-corrected chi connectivity index (χ2v) is 3.17. The molecule has 1 aliphatic heterocycles. The Bertz CT molecular complexity index is 380. The summed E-state index contributed by atoms with van der Waals surface area (Å²) >= 11 is 0. The van der Waals surface area contributed by atoms with Crippen LogP contribution in [0.25, 0.3) is 0 Å². The molecule has 0 spiro atoms. The molecule has 0 amide bonds. The van der Waals surface area contributed by atoms with Gasteiger partial charge in [0.05, 0.1) is 12.7 Å². The highest BCUT2D eigenvalue weighted by atomic mass is 16.1. The van der Waals surface area contributed by atoms with Crippen molar-refractivity contribution < 1.29 is 4.79 Å². The number of Topliss-reactive ketones (excluding diaryl/α,β-unsaturated/α-hetero) is 1. The van der Waals surface area contributed by atoms with Crippen LogP contribution in [-0.2, 0) is 6.54 Å². The minimum Gasteiger partial charge on any atom is -0.330 e. The molecular formula is C9H12N4O. The van der Waals surface area contributed by atoms with Crippen molar-refractivity contribution in [3.05, 3.63) is 12.0 Å². The maximum absolute atomic E-state index is 11.6. The molecule has 14 heavy (non-hydrogen) atoms. The van der Waals surface area contributed by atoms with Gasteiger partial charge in [0.1, 0.15) is 12.2 Å². The number of carbonyl (C=O) groups excluding carboxylic acids is 1. The van der Waals surface area contributed by atoms with Crippen LogP contribution < -0.4 is 5.32 Å². The molecule has 2 rings (SSSR count). The molecule has 0 aromatic carbocycles. The number of rotatable bonds is 2. The largest absolute Gasteiger partial charge is 0.330 e. The van der Waals surface area contributed by atoms with E-state index >= 15 is 0 Å². The minimum absolute atomic E-state index is 0.0206. The van der Waals surface area contributed by atoms with Crippen LogP contribution in [0.1, 0.15) is 23.8 Å². The Morgan fingerprint density at radius 3 is 3.29 bits per heavy atom. The summed E-state index contributed by atoms with van der Waals surface area (Å²) < 4.78 is 1.87. The molecule has 0 saturated heterocycles. The summed E-state index contributed by atoms with van der Waals surface area (Å²) in [6.45, 7) is 3.09. The SMILES string of the molecule is CCCn1cnc2c1C(=O)CN=CN2. The summed E-state index contributed by atoms with van der Waals surface area (Å²) in [5, 5.41) is 2.89. The lowest BCUT2D eigenvalue weighted by molar-refractivity contribution is 0.0994. The fourth-order valence-electron chi connectivity index (χ4n) is 1.50. The smallest absolute Gasteiger partial charge is 0.204 e. The van der Waals surface area contributed by atoms with Gasteiger partial charge >= 0.3 is 0 Å². The van der Waals surface area contributed by atoms with Crippen LogP contribution in [0.2, 0.25) is 0 Å². The molecule has 0 fully saturated rings. The van der Waals surface area contributed by atoms with E-state index in [0.29, 0.717) is 11.5 Å². The lowest BCUT2D eigenvalue weighted by atomic mass is 10.2. The van der Waals surface area contributed by atoms with Gasteiger partial charge in [0, 0.05) is 6.54 Å². The summed E-state index contributed by atoms with van der Waals surface area (Å²) in [6.07, 6.45) is 4.20. The number of carbonyl (C=O) groups is 1. The molecule has 0 unspecified atom stereocenters. The number of ketones is 1. The van der Waals surface area contributed by atoms with Crippen molar-refractivity contribution >= 4 is 17.9 Å². The molecule has 1 N–H and O–H groups in total. The van der Waals surface area contributed by atoms with Crippen molar-refractivity contribution in [2.75, 3.05) is 11.9 Å². The lowest BCUT2D eigenvalue weighted by Gasteiger charge is -2.04. The maximum Gasteiger partial charge on any atom is 0.204 e. The fraction of sp³-hybridized carbons (Fsp3) is 0.444. The second kappa shape index (κ2) is 3.61. The number of hydrogen-bond acceptors (Lipinski definition) is 4. The third-order valence-electron chi connectivity index (χ3n) is 2.09. The van der Waals surface area contributed by atoms with Crippen LogP contribution in [0.15, 0.2) is 11.3 Å². The second-order valence-electron chi connectivity index (χ2n) is 3.17. The number of aryl methyl sites for hydroxylation is 1. The molecule has 5 heteroatoms. The van der Waals surface area contributed by atoms with E-state index in [0.717, 1.165) is 13.0 Å². The third-order valence-corrected chi connectivity index (χ3v) is 2.09. The average molecular weight is 192 g/mol. The molecule has 1 aromatic rings. The van der Waals surface area contributed by atoms with Crippen molar-refractivity contribution in [3.8, 4) is 0 Å². The summed E-state index contributed by atoms with van der Waals surface area (Å²) in [6, 6.07) is 0. The number of fused-ring (bicyclic) bond motifs is 1.